The first-order valence-corrected chi connectivity index (χ1v) is 20.9. The van der Waals surface area contributed by atoms with E-state index < -0.39 is 0 Å². The van der Waals surface area contributed by atoms with Crippen molar-refractivity contribution in [3.05, 3.63) is 22.5 Å². The first kappa shape index (κ1) is 37.7. The Balaban J connectivity index is 1.07. The zero-order chi connectivity index (χ0) is 35.7. The Morgan fingerprint density at radius 1 is 0.745 bits per heavy atom. The molecule has 3 N–H and O–H groups in total. The van der Waals surface area contributed by atoms with Crippen LogP contribution in [0.3, 0.4) is 0 Å². The Morgan fingerprint density at radius 2 is 1.39 bits per heavy atom. The van der Waals surface area contributed by atoms with Crippen molar-refractivity contribution in [1.29, 1.82) is 0 Å². The standard InChI is InChI=1S/C41H66N6O4/c1-5-7-9-11-14-18-28-26-30-22-24-34-36(38(48)50-3)32(44-40(42-28)46(30)34)20-16-13-17-21-33-37(39(49)51-4)35-25-23-31-27-29(19-15-12-10-8-6-2)43-41(45-33)47(31)35/h28-31,34-35H,5-27H2,1-4H3,(H2,42,43,44,45,48,49)/p+1/t28-,29-,30+,31+,34-,35-/m0/s1. The van der Waals surface area contributed by atoms with E-state index in [1.54, 1.807) is 0 Å². The normalized spacial score (nSPS) is 27.8. The van der Waals surface area contributed by atoms with Crippen LogP contribution in [0.15, 0.2) is 27.5 Å². The summed E-state index contributed by atoms with van der Waals surface area (Å²) in [5.41, 5.74) is 3.63. The van der Waals surface area contributed by atoms with E-state index in [1.165, 1.54) is 84.8 Å². The maximum absolute atomic E-state index is 13.2. The molecule has 0 aromatic carbocycles. The number of nitrogens with one attached hydrogen (secondary N) is 3. The van der Waals surface area contributed by atoms with Crippen LogP contribution in [0.1, 0.15) is 162 Å². The fraction of sp³-hybridized carbons (Fsp3) is 0.805. The number of unbranched alkanes of at least 4 members (excludes halogenated alkanes) is 10. The predicted molar refractivity (Wildman–Crippen MR) is 202 cm³/mol. The van der Waals surface area contributed by atoms with Crippen molar-refractivity contribution in [1.82, 2.24) is 20.9 Å². The quantitative estimate of drug-likeness (QED) is 0.0710. The molecule has 0 aromatic heterocycles. The maximum Gasteiger partial charge on any atom is 0.351 e. The second kappa shape index (κ2) is 18.1. The molecule has 10 heteroatoms. The Hall–Kier alpha value is -3.04. The summed E-state index contributed by atoms with van der Waals surface area (Å²) in [6.07, 6.45) is 26.2. The molecule has 284 valence electrons. The summed E-state index contributed by atoms with van der Waals surface area (Å²) in [5.74, 6) is 1.66. The lowest BCUT2D eigenvalue weighted by Crippen LogP contribution is -2.59. The first-order valence-electron chi connectivity index (χ1n) is 20.9. The van der Waals surface area contributed by atoms with E-state index in [2.05, 4.69) is 39.3 Å². The van der Waals surface area contributed by atoms with Gasteiger partial charge in [0.1, 0.15) is 11.6 Å². The fourth-order valence-corrected chi connectivity index (χ4v) is 9.99. The smallest absolute Gasteiger partial charge is 0.351 e. The van der Waals surface area contributed by atoms with E-state index in [-0.39, 0.29) is 24.0 Å². The summed E-state index contributed by atoms with van der Waals surface area (Å²) in [6, 6.07) is 1.90. The summed E-state index contributed by atoms with van der Waals surface area (Å²) in [4.78, 5) is 34.0. The number of carbonyl (C=O) groups excluding carboxylic acids is 2. The molecule has 6 atom stereocenters. The minimum absolute atomic E-state index is 0.0560. The van der Waals surface area contributed by atoms with E-state index >= 15 is 0 Å². The average molecular weight is 708 g/mol. The molecule has 51 heavy (non-hydrogen) atoms. The molecular formula is C41H67N6O4+. The first-order chi connectivity index (χ1) is 25.0. The highest BCUT2D eigenvalue weighted by Crippen LogP contribution is 2.40. The summed E-state index contributed by atoms with van der Waals surface area (Å²) in [6.45, 7) is 4.54. The van der Waals surface area contributed by atoms with Gasteiger partial charge < -0.3 is 19.7 Å². The van der Waals surface area contributed by atoms with Crippen LogP contribution in [0.5, 0.6) is 0 Å². The molecule has 0 bridgehead atoms. The van der Waals surface area contributed by atoms with Gasteiger partial charge in [0, 0.05) is 24.6 Å². The Labute approximate surface area is 307 Å². The number of aliphatic imine (C=N–C) groups is 1. The average Bonchev–Trinajstić information content (AvgIpc) is 3.76. The van der Waals surface area contributed by atoms with Crippen LogP contribution in [0.4, 0.5) is 0 Å². The van der Waals surface area contributed by atoms with Gasteiger partial charge in [0.05, 0.1) is 49.7 Å². The van der Waals surface area contributed by atoms with Crippen molar-refractivity contribution in [2.45, 2.75) is 198 Å². The van der Waals surface area contributed by atoms with Gasteiger partial charge in [-0.2, -0.15) is 0 Å². The third kappa shape index (κ3) is 8.62. The molecule has 10 nitrogen and oxygen atoms in total. The van der Waals surface area contributed by atoms with Crippen molar-refractivity contribution < 1.29 is 23.6 Å². The molecule has 0 aromatic rings. The largest absolute Gasteiger partial charge is 0.466 e. The number of carbonyl (C=O) groups is 2. The van der Waals surface area contributed by atoms with Crippen LogP contribution in [-0.4, -0.2) is 83.8 Å². The number of guanidine groups is 2. The van der Waals surface area contributed by atoms with E-state index in [4.69, 9.17) is 14.5 Å². The number of allylic oxidation sites excluding steroid dienone is 2. The number of nitrogens with zero attached hydrogens (tertiary/aromatic N) is 3. The van der Waals surface area contributed by atoms with Crippen molar-refractivity contribution in [2.75, 3.05) is 14.2 Å². The topological polar surface area (TPSA) is 107 Å². The monoisotopic (exact) mass is 708 g/mol. The molecular weight excluding hydrogens is 640 g/mol. The predicted octanol–water partition coefficient (Wildman–Crippen LogP) is 6.94. The Bertz CT molecular complexity index is 1370. The van der Waals surface area contributed by atoms with E-state index in [0.717, 1.165) is 112 Å². The van der Waals surface area contributed by atoms with Gasteiger partial charge in [-0.05, 0) is 64.2 Å². The lowest BCUT2D eigenvalue weighted by atomic mass is 9.95. The van der Waals surface area contributed by atoms with Gasteiger partial charge in [0.2, 0.25) is 0 Å². The zero-order valence-corrected chi connectivity index (χ0v) is 32.2. The minimum atomic E-state index is -0.213. The SMILES string of the molecule is CCCCCCC[C@H]1C[C@H]2CC[C@H]3C(C(=O)OC)=C(CCCCCC4=C(C(=O)OC)[C@@H]5CC[C@@H]6C[C@H](CCCCCCC)NC(=[N+]65)N4)NC(=N1)N23. The van der Waals surface area contributed by atoms with Crippen molar-refractivity contribution >= 4 is 23.9 Å². The number of hydrogen-bond donors (Lipinski definition) is 3. The van der Waals surface area contributed by atoms with E-state index in [1.807, 2.05) is 0 Å². The van der Waals surface area contributed by atoms with Gasteiger partial charge in [-0.25, -0.2) is 19.9 Å². The molecule has 0 unspecified atom stereocenters. The maximum atomic E-state index is 13.2. The molecule has 6 heterocycles. The summed E-state index contributed by atoms with van der Waals surface area (Å²) in [7, 11) is 3.01. The van der Waals surface area contributed by atoms with E-state index in [0.29, 0.717) is 24.2 Å². The fourth-order valence-electron chi connectivity index (χ4n) is 9.99. The molecule has 2 fully saturated rings. The lowest BCUT2D eigenvalue weighted by Gasteiger charge is -2.43. The number of esters is 2. The summed E-state index contributed by atoms with van der Waals surface area (Å²) >= 11 is 0. The lowest BCUT2D eigenvalue weighted by molar-refractivity contribution is -0.580. The molecule has 6 aliphatic rings. The van der Waals surface area contributed by atoms with Gasteiger partial charge in [0.15, 0.2) is 5.96 Å². The third-order valence-corrected chi connectivity index (χ3v) is 12.6. The Morgan fingerprint density at radius 3 is 2.10 bits per heavy atom. The Kier molecular flexibility index (Phi) is 13.4. The summed E-state index contributed by atoms with van der Waals surface area (Å²) in [5, 5.41) is 11.2. The molecule has 6 rings (SSSR count). The highest BCUT2D eigenvalue weighted by Gasteiger charge is 2.49. The van der Waals surface area contributed by atoms with Gasteiger partial charge in [-0.3, -0.25) is 9.89 Å². The van der Waals surface area contributed by atoms with Crippen molar-refractivity contribution in [3.63, 3.8) is 0 Å². The van der Waals surface area contributed by atoms with Gasteiger partial charge >= 0.3 is 17.9 Å². The molecule has 0 saturated carbocycles. The highest BCUT2D eigenvalue weighted by atomic mass is 16.5. The number of hydrogen-bond acceptors (Lipinski definition) is 9. The van der Waals surface area contributed by atoms with Gasteiger partial charge in [0.25, 0.3) is 0 Å². The van der Waals surface area contributed by atoms with Crippen LogP contribution >= 0.6 is 0 Å². The number of ether oxygens (including phenoxy) is 2. The van der Waals surface area contributed by atoms with Crippen molar-refractivity contribution in [3.8, 4) is 0 Å². The molecule has 0 amide bonds. The van der Waals surface area contributed by atoms with Crippen LogP contribution in [0, 0.1) is 0 Å². The molecule has 0 aliphatic carbocycles. The summed E-state index contributed by atoms with van der Waals surface area (Å²) < 4.78 is 13.1. The van der Waals surface area contributed by atoms with Crippen molar-refractivity contribution in [2.24, 2.45) is 4.99 Å². The van der Waals surface area contributed by atoms with Crippen LogP contribution in [0.25, 0.3) is 0 Å². The van der Waals surface area contributed by atoms with Crippen LogP contribution < -0.4 is 16.0 Å². The number of rotatable bonds is 20. The zero-order valence-electron chi connectivity index (χ0n) is 32.2. The second-order valence-electron chi connectivity index (χ2n) is 16.1. The third-order valence-electron chi connectivity index (χ3n) is 12.6. The van der Waals surface area contributed by atoms with E-state index in [9.17, 15) is 9.59 Å². The molecule has 0 spiro atoms. The second-order valence-corrected chi connectivity index (χ2v) is 16.1. The number of methoxy groups -OCH3 is 2. The minimum Gasteiger partial charge on any atom is -0.466 e. The van der Waals surface area contributed by atoms with Gasteiger partial charge in [-0.1, -0.05) is 84.5 Å². The highest BCUT2D eigenvalue weighted by molar-refractivity contribution is 5.96. The molecule has 0 radical (unpaired) electrons. The van der Waals surface area contributed by atoms with Gasteiger partial charge in [-0.15, -0.1) is 0 Å². The van der Waals surface area contributed by atoms with Crippen LogP contribution in [-0.2, 0) is 19.1 Å². The van der Waals surface area contributed by atoms with Crippen LogP contribution in [0.2, 0.25) is 0 Å². The molecule has 6 aliphatic heterocycles. The molecule has 2 saturated heterocycles.